The first-order valence-electron chi connectivity index (χ1n) is 10.4. The molecule has 2 aromatic heterocycles. The summed E-state index contributed by atoms with van der Waals surface area (Å²) in [6, 6.07) is 9.67. The summed E-state index contributed by atoms with van der Waals surface area (Å²) < 4.78 is 1.68. The van der Waals surface area contributed by atoms with Crippen LogP contribution in [0.5, 0.6) is 0 Å². The van der Waals surface area contributed by atoms with E-state index in [0.29, 0.717) is 29.1 Å². The molecule has 1 aromatic carbocycles. The van der Waals surface area contributed by atoms with Crippen molar-refractivity contribution in [1.29, 1.82) is 5.26 Å². The molecule has 6 nitrogen and oxygen atoms in total. The molecule has 31 heavy (non-hydrogen) atoms. The smallest absolute Gasteiger partial charge is 0.220 e. The van der Waals surface area contributed by atoms with E-state index in [1.54, 1.807) is 4.52 Å². The zero-order valence-corrected chi connectivity index (χ0v) is 19.4. The Balaban J connectivity index is 1.76. The minimum Gasteiger partial charge on any atom is -0.349 e. The van der Waals surface area contributed by atoms with Gasteiger partial charge >= 0.3 is 0 Å². The molecule has 0 aliphatic rings. The van der Waals surface area contributed by atoms with Crippen molar-refractivity contribution in [2.45, 2.75) is 59.9 Å². The molecular weight excluding hydrogens is 410 g/mol. The molecule has 0 spiro atoms. The number of amides is 1. The van der Waals surface area contributed by atoms with Crippen LogP contribution in [0.25, 0.3) is 5.65 Å². The Hall–Kier alpha value is -2.91. The summed E-state index contributed by atoms with van der Waals surface area (Å²) in [5.41, 5.74) is 4.80. The van der Waals surface area contributed by atoms with E-state index in [1.165, 1.54) is 6.20 Å². The van der Waals surface area contributed by atoms with Crippen LogP contribution in [0.15, 0.2) is 30.5 Å². The number of hydrogen-bond acceptors (Lipinski definition) is 4. The molecule has 162 valence electrons. The van der Waals surface area contributed by atoms with Gasteiger partial charge in [0.05, 0.1) is 12.2 Å². The van der Waals surface area contributed by atoms with Gasteiger partial charge in [0.2, 0.25) is 5.91 Å². The molecule has 0 bridgehead atoms. The van der Waals surface area contributed by atoms with Crippen LogP contribution in [0.4, 0.5) is 0 Å². The molecule has 3 rings (SSSR count). The summed E-state index contributed by atoms with van der Waals surface area (Å²) in [6.07, 6.45) is 3.23. The van der Waals surface area contributed by atoms with Gasteiger partial charge in [-0.15, -0.1) is 0 Å². The average Bonchev–Trinajstić information content (AvgIpc) is 3.09. The first kappa shape index (κ1) is 22.8. The van der Waals surface area contributed by atoms with Gasteiger partial charge in [-0.2, -0.15) is 10.4 Å². The molecule has 2 heterocycles. The molecule has 0 aliphatic heterocycles. The third-order valence-corrected chi connectivity index (χ3v) is 5.61. The predicted molar refractivity (Wildman–Crippen MR) is 122 cm³/mol. The highest BCUT2D eigenvalue weighted by atomic mass is 35.5. The summed E-state index contributed by atoms with van der Waals surface area (Å²) in [5, 5.41) is 17.4. The lowest BCUT2D eigenvalue weighted by Crippen LogP contribution is -2.31. The number of carbonyl (C=O) groups excluding carboxylic acids is 1. The van der Waals surface area contributed by atoms with Crippen LogP contribution in [0, 0.1) is 30.6 Å². The van der Waals surface area contributed by atoms with Crippen LogP contribution in [0.3, 0.4) is 0 Å². The Bertz CT molecular complexity index is 1140. The number of benzene rings is 1. The normalized spacial score (nSPS) is 12.5. The monoisotopic (exact) mass is 437 g/mol. The fraction of sp³-hybridized carbons (Fsp3) is 0.417. The van der Waals surface area contributed by atoms with Crippen molar-refractivity contribution in [2.24, 2.45) is 5.41 Å². The summed E-state index contributed by atoms with van der Waals surface area (Å²) >= 11 is 6.04. The number of nitrogens with zero attached hydrogens (tertiary/aromatic N) is 4. The van der Waals surface area contributed by atoms with E-state index in [0.717, 1.165) is 28.9 Å². The Kier molecular flexibility index (Phi) is 6.66. The molecule has 0 aliphatic carbocycles. The maximum Gasteiger partial charge on any atom is 0.220 e. The third-order valence-electron chi connectivity index (χ3n) is 5.36. The highest BCUT2D eigenvalue weighted by Gasteiger charge is 2.22. The van der Waals surface area contributed by atoms with E-state index >= 15 is 0 Å². The van der Waals surface area contributed by atoms with E-state index in [2.05, 4.69) is 42.2 Å². The van der Waals surface area contributed by atoms with Crippen LogP contribution in [-0.4, -0.2) is 20.5 Å². The second-order valence-electron chi connectivity index (χ2n) is 9.10. The van der Waals surface area contributed by atoms with E-state index < -0.39 is 0 Å². The van der Waals surface area contributed by atoms with Crippen molar-refractivity contribution in [1.82, 2.24) is 19.9 Å². The molecule has 1 amide bonds. The van der Waals surface area contributed by atoms with Crippen LogP contribution >= 0.6 is 11.6 Å². The second kappa shape index (κ2) is 9.07. The topological polar surface area (TPSA) is 83.1 Å². The average molecular weight is 438 g/mol. The van der Waals surface area contributed by atoms with Crippen LogP contribution < -0.4 is 5.32 Å². The zero-order valence-electron chi connectivity index (χ0n) is 18.7. The Morgan fingerprint density at radius 1 is 1.26 bits per heavy atom. The molecule has 1 atom stereocenters. The molecule has 0 unspecified atom stereocenters. The van der Waals surface area contributed by atoms with Crippen molar-refractivity contribution in [3.63, 3.8) is 0 Å². The van der Waals surface area contributed by atoms with E-state index in [1.807, 2.05) is 38.1 Å². The molecule has 0 saturated heterocycles. The van der Waals surface area contributed by atoms with Crippen molar-refractivity contribution in [3.8, 4) is 6.07 Å². The van der Waals surface area contributed by atoms with Crippen LogP contribution in [0.2, 0.25) is 5.02 Å². The van der Waals surface area contributed by atoms with E-state index in [9.17, 15) is 10.1 Å². The third kappa shape index (κ3) is 5.42. The largest absolute Gasteiger partial charge is 0.349 e. The summed E-state index contributed by atoms with van der Waals surface area (Å²) in [7, 11) is 0. The molecule has 1 N–H and O–H groups in total. The van der Waals surface area contributed by atoms with Crippen molar-refractivity contribution in [2.75, 3.05) is 0 Å². The fourth-order valence-electron chi connectivity index (χ4n) is 3.82. The van der Waals surface area contributed by atoms with Crippen LogP contribution in [-0.2, 0) is 11.2 Å². The number of halogens is 1. The number of aromatic nitrogens is 3. The first-order chi connectivity index (χ1) is 14.6. The molecule has 0 saturated carbocycles. The lowest BCUT2D eigenvalue weighted by atomic mass is 9.85. The Labute approximate surface area is 188 Å². The number of aryl methyl sites for hydroxylation is 2. The molecular formula is C24H28ClN5O. The van der Waals surface area contributed by atoms with Crippen molar-refractivity contribution in [3.05, 3.63) is 63.6 Å². The SMILES string of the molecule is Cc1nc2c(C#N)cnn2c(C)c1CCC(=O)N[C@H](CC(C)(C)C)c1ccc(Cl)cc1. The predicted octanol–water partition coefficient (Wildman–Crippen LogP) is 5.10. The first-order valence-corrected chi connectivity index (χ1v) is 10.8. The maximum atomic E-state index is 12.9. The Morgan fingerprint density at radius 3 is 2.55 bits per heavy atom. The number of nitriles is 1. The highest BCUT2D eigenvalue weighted by Crippen LogP contribution is 2.30. The van der Waals surface area contributed by atoms with Gasteiger partial charge < -0.3 is 5.32 Å². The number of hydrogen-bond donors (Lipinski definition) is 1. The number of nitrogens with one attached hydrogen (secondary N) is 1. The fourth-order valence-corrected chi connectivity index (χ4v) is 3.94. The summed E-state index contributed by atoms with van der Waals surface area (Å²) in [5.74, 6) is -0.0127. The van der Waals surface area contributed by atoms with Crippen molar-refractivity contribution < 1.29 is 4.79 Å². The number of fused-ring (bicyclic) bond motifs is 1. The quantitative estimate of drug-likeness (QED) is 0.581. The van der Waals surface area contributed by atoms with Crippen LogP contribution in [0.1, 0.15) is 67.7 Å². The minimum absolute atomic E-state index is 0.0127. The van der Waals surface area contributed by atoms with Gasteiger partial charge in [0.15, 0.2) is 5.65 Å². The minimum atomic E-state index is -0.0862. The van der Waals surface area contributed by atoms with Gasteiger partial charge in [0.1, 0.15) is 11.6 Å². The van der Waals surface area contributed by atoms with Gasteiger partial charge in [0.25, 0.3) is 0 Å². The van der Waals surface area contributed by atoms with E-state index in [-0.39, 0.29) is 17.4 Å². The standard InChI is InChI=1S/C24H28ClN5O/c1-15-20(16(2)30-23(28-15)18(13-26)14-27-30)10-11-22(31)29-21(12-24(3,4)5)17-6-8-19(25)9-7-17/h6-9,14,21H,10-12H2,1-5H3,(H,29,31)/t21-/m1/s1. The lowest BCUT2D eigenvalue weighted by Gasteiger charge is -2.27. The van der Waals surface area contributed by atoms with Gasteiger partial charge in [-0.1, -0.05) is 44.5 Å². The molecule has 3 aromatic rings. The Morgan fingerprint density at radius 2 is 1.94 bits per heavy atom. The van der Waals surface area contributed by atoms with Gasteiger partial charge in [0, 0.05) is 22.8 Å². The maximum absolute atomic E-state index is 12.9. The number of carbonyl (C=O) groups is 1. The summed E-state index contributed by atoms with van der Waals surface area (Å²) in [4.78, 5) is 17.4. The van der Waals surface area contributed by atoms with Gasteiger partial charge in [-0.3, -0.25) is 4.79 Å². The highest BCUT2D eigenvalue weighted by molar-refractivity contribution is 6.30. The molecule has 7 heteroatoms. The van der Waals surface area contributed by atoms with Gasteiger partial charge in [-0.25, -0.2) is 9.50 Å². The van der Waals surface area contributed by atoms with Crippen molar-refractivity contribution >= 4 is 23.2 Å². The van der Waals surface area contributed by atoms with Gasteiger partial charge in [-0.05, 0) is 55.4 Å². The number of rotatable bonds is 6. The second-order valence-corrected chi connectivity index (χ2v) is 9.54. The lowest BCUT2D eigenvalue weighted by molar-refractivity contribution is -0.122. The molecule has 0 fully saturated rings. The summed E-state index contributed by atoms with van der Waals surface area (Å²) in [6.45, 7) is 10.3. The zero-order chi connectivity index (χ0) is 22.8. The molecule has 0 radical (unpaired) electrons. The van der Waals surface area contributed by atoms with E-state index in [4.69, 9.17) is 11.6 Å².